The third kappa shape index (κ3) is 5.34. The molecule has 0 saturated carbocycles. The number of amides is 1. The molecule has 0 aliphatic carbocycles. The van der Waals surface area contributed by atoms with E-state index in [2.05, 4.69) is 15.5 Å². The predicted molar refractivity (Wildman–Crippen MR) is 103 cm³/mol. The van der Waals surface area contributed by atoms with E-state index < -0.39 is 0 Å². The summed E-state index contributed by atoms with van der Waals surface area (Å²) in [5, 5.41) is 12.0. The minimum absolute atomic E-state index is 0.0701. The van der Waals surface area contributed by atoms with Gasteiger partial charge in [0.15, 0.2) is 0 Å². The smallest absolute Gasteiger partial charge is 0.277 e. The molecule has 1 N–H and O–H groups in total. The Bertz CT molecular complexity index is 881. The summed E-state index contributed by atoms with van der Waals surface area (Å²) >= 11 is 7.08. The van der Waals surface area contributed by atoms with Crippen LogP contribution in [-0.2, 0) is 11.2 Å². The van der Waals surface area contributed by atoms with Gasteiger partial charge in [0.2, 0.25) is 11.8 Å². The zero-order chi connectivity index (χ0) is 18.4. The van der Waals surface area contributed by atoms with Crippen LogP contribution in [0.15, 0.2) is 58.2 Å². The van der Waals surface area contributed by atoms with Gasteiger partial charge in [0, 0.05) is 17.1 Å². The van der Waals surface area contributed by atoms with E-state index in [1.807, 2.05) is 55.5 Å². The van der Waals surface area contributed by atoms with Crippen LogP contribution in [0.4, 0.5) is 0 Å². The molecule has 3 aromatic rings. The van der Waals surface area contributed by atoms with Gasteiger partial charge in [-0.25, -0.2) is 0 Å². The second-order valence-electron chi connectivity index (χ2n) is 5.76. The van der Waals surface area contributed by atoms with Gasteiger partial charge < -0.3 is 9.73 Å². The molecule has 0 atom stereocenters. The maximum atomic E-state index is 11.9. The lowest BCUT2D eigenvalue weighted by molar-refractivity contribution is -0.118. The molecule has 2 aromatic carbocycles. The Hall–Kier alpha value is -2.31. The van der Waals surface area contributed by atoms with E-state index in [9.17, 15) is 4.79 Å². The average molecular weight is 388 g/mol. The molecule has 0 unspecified atom stereocenters. The molecule has 1 aromatic heterocycles. The van der Waals surface area contributed by atoms with E-state index in [1.165, 1.54) is 11.8 Å². The Morgan fingerprint density at radius 1 is 1.19 bits per heavy atom. The molecule has 5 nitrogen and oxygen atoms in total. The normalized spacial score (nSPS) is 10.7. The van der Waals surface area contributed by atoms with Crippen molar-refractivity contribution in [2.45, 2.75) is 18.6 Å². The summed E-state index contributed by atoms with van der Waals surface area (Å²) in [7, 11) is 0. The maximum Gasteiger partial charge on any atom is 0.277 e. The van der Waals surface area contributed by atoms with Gasteiger partial charge in [0.25, 0.3) is 5.22 Å². The quantitative estimate of drug-likeness (QED) is 0.617. The van der Waals surface area contributed by atoms with E-state index >= 15 is 0 Å². The predicted octanol–water partition coefficient (Wildman–Crippen LogP) is 4.15. The molecule has 0 radical (unpaired) electrons. The first kappa shape index (κ1) is 18.5. The van der Waals surface area contributed by atoms with Crippen molar-refractivity contribution in [3.05, 3.63) is 64.7 Å². The van der Waals surface area contributed by atoms with Crippen molar-refractivity contribution in [1.82, 2.24) is 15.5 Å². The van der Waals surface area contributed by atoms with Crippen molar-refractivity contribution in [3.63, 3.8) is 0 Å². The summed E-state index contributed by atoms with van der Waals surface area (Å²) in [5.74, 6) is 0.620. The van der Waals surface area contributed by atoms with Crippen molar-refractivity contribution in [2.24, 2.45) is 0 Å². The molecule has 0 aliphatic heterocycles. The number of carbonyl (C=O) groups excluding carboxylic acids is 1. The Morgan fingerprint density at radius 2 is 2.00 bits per heavy atom. The van der Waals surface area contributed by atoms with Crippen molar-refractivity contribution in [1.29, 1.82) is 0 Å². The molecule has 0 aliphatic rings. The van der Waals surface area contributed by atoms with Crippen molar-refractivity contribution in [2.75, 3.05) is 12.3 Å². The molecular weight excluding hydrogens is 370 g/mol. The lowest BCUT2D eigenvalue weighted by Crippen LogP contribution is -2.27. The number of rotatable bonds is 7. The number of carbonyl (C=O) groups is 1. The molecule has 1 heterocycles. The summed E-state index contributed by atoms with van der Waals surface area (Å²) in [6.45, 7) is 2.57. The topological polar surface area (TPSA) is 68.0 Å². The minimum atomic E-state index is -0.0701. The highest BCUT2D eigenvalue weighted by molar-refractivity contribution is 7.99. The monoisotopic (exact) mass is 387 g/mol. The van der Waals surface area contributed by atoms with Crippen LogP contribution in [0.3, 0.4) is 0 Å². The zero-order valence-electron chi connectivity index (χ0n) is 14.2. The van der Waals surface area contributed by atoms with Gasteiger partial charge in [-0.15, -0.1) is 10.2 Å². The molecule has 0 spiro atoms. The van der Waals surface area contributed by atoms with E-state index in [1.54, 1.807) is 0 Å². The number of aromatic nitrogens is 2. The van der Waals surface area contributed by atoms with E-state index in [0.717, 1.165) is 23.1 Å². The molecule has 7 heteroatoms. The first-order chi connectivity index (χ1) is 12.6. The molecule has 1 amide bonds. The fourth-order valence-corrected chi connectivity index (χ4v) is 3.06. The lowest BCUT2D eigenvalue weighted by Gasteiger charge is -2.04. The van der Waals surface area contributed by atoms with Crippen LogP contribution in [0.1, 0.15) is 11.1 Å². The van der Waals surface area contributed by atoms with Crippen LogP contribution in [0, 0.1) is 6.92 Å². The second kappa shape index (κ2) is 8.87. The molecule has 0 bridgehead atoms. The molecular formula is C19H18ClN3O2S. The van der Waals surface area contributed by atoms with Crippen molar-refractivity contribution in [3.8, 4) is 11.5 Å². The van der Waals surface area contributed by atoms with E-state index in [-0.39, 0.29) is 11.7 Å². The summed E-state index contributed by atoms with van der Waals surface area (Å²) in [6.07, 6.45) is 0.756. The summed E-state index contributed by atoms with van der Waals surface area (Å²) in [5.41, 5.74) is 3.12. The highest BCUT2D eigenvalue weighted by atomic mass is 35.5. The van der Waals surface area contributed by atoms with Gasteiger partial charge >= 0.3 is 0 Å². The first-order valence-corrected chi connectivity index (χ1v) is 9.51. The lowest BCUT2D eigenvalue weighted by atomic mass is 10.1. The van der Waals surface area contributed by atoms with E-state index in [4.69, 9.17) is 16.0 Å². The Balaban J connectivity index is 1.44. The molecule has 0 saturated heterocycles. The van der Waals surface area contributed by atoms with Gasteiger partial charge in [0.1, 0.15) is 0 Å². The van der Waals surface area contributed by atoms with Crippen LogP contribution < -0.4 is 5.32 Å². The highest BCUT2D eigenvalue weighted by Gasteiger charge is 2.11. The Labute approximate surface area is 161 Å². The third-order valence-corrected chi connectivity index (χ3v) is 4.72. The standard InChI is InChI=1S/C19H18ClN3O2S/c1-13-3-2-4-15(11-13)18-22-23-19(25-18)26-12-17(24)21-10-9-14-5-7-16(20)8-6-14/h2-8,11H,9-10,12H2,1H3,(H,21,24). The van der Waals surface area contributed by atoms with Gasteiger partial charge in [-0.2, -0.15) is 0 Å². The van der Waals surface area contributed by atoms with Crippen LogP contribution in [0.25, 0.3) is 11.5 Å². The summed E-state index contributed by atoms with van der Waals surface area (Å²) in [4.78, 5) is 11.9. The molecule has 3 rings (SSSR count). The minimum Gasteiger partial charge on any atom is -0.411 e. The third-order valence-electron chi connectivity index (χ3n) is 3.65. The highest BCUT2D eigenvalue weighted by Crippen LogP contribution is 2.23. The number of hydrogen-bond acceptors (Lipinski definition) is 5. The Kier molecular flexibility index (Phi) is 6.30. The SMILES string of the molecule is Cc1cccc(-c2nnc(SCC(=O)NCCc3ccc(Cl)cc3)o2)c1. The summed E-state index contributed by atoms with van der Waals surface area (Å²) in [6, 6.07) is 15.4. The largest absolute Gasteiger partial charge is 0.411 e. The van der Waals surface area contributed by atoms with Crippen molar-refractivity contribution >= 4 is 29.3 Å². The number of benzene rings is 2. The van der Waals surface area contributed by atoms with Crippen LogP contribution in [0.5, 0.6) is 0 Å². The molecule has 134 valence electrons. The van der Waals surface area contributed by atoms with E-state index in [0.29, 0.717) is 22.7 Å². The number of hydrogen-bond donors (Lipinski definition) is 1. The Morgan fingerprint density at radius 3 is 2.77 bits per heavy atom. The van der Waals surface area contributed by atoms with Gasteiger partial charge in [-0.1, -0.05) is 53.2 Å². The number of aryl methyl sites for hydroxylation is 1. The van der Waals surface area contributed by atoms with Gasteiger partial charge in [-0.3, -0.25) is 4.79 Å². The van der Waals surface area contributed by atoms with Crippen LogP contribution in [0.2, 0.25) is 5.02 Å². The number of halogens is 1. The fraction of sp³-hybridized carbons (Fsp3) is 0.211. The maximum absolute atomic E-state index is 11.9. The van der Waals surface area contributed by atoms with Crippen LogP contribution in [-0.4, -0.2) is 28.4 Å². The van der Waals surface area contributed by atoms with Gasteiger partial charge in [-0.05, 0) is 43.2 Å². The van der Waals surface area contributed by atoms with Crippen molar-refractivity contribution < 1.29 is 9.21 Å². The van der Waals surface area contributed by atoms with Crippen LogP contribution >= 0.6 is 23.4 Å². The number of nitrogens with zero attached hydrogens (tertiary/aromatic N) is 2. The average Bonchev–Trinajstić information content (AvgIpc) is 3.11. The first-order valence-electron chi connectivity index (χ1n) is 8.14. The fourth-order valence-electron chi connectivity index (χ4n) is 2.34. The zero-order valence-corrected chi connectivity index (χ0v) is 15.8. The summed E-state index contributed by atoms with van der Waals surface area (Å²) < 4.78 is 5.61. The second-order valence-corrected chi connectivity index (χ2v) is 7.12. The molecule has 26 heavy (non-hydrogen) atoms. The van der Waals surface area contributed by atoms with Gasteiger partial charge in [0.05, 0.1) is 5.75 Å². The number of thioether (sulfide) groups is 1. The molecule has 0 fully saturated rings. The number of nitrogens with one attached hydrogen (secondary N) is 1.